The summed E-state index contributed by atoms with van der Waals surface area (Å²) in [6.45, 7) is 2.08. The number of aromatic nitrogens is 5. The Hall–Kier alpha value is -2.51. The van der Waals surface area contributed by atoms with Crippen LogP contribution in [0.2, 0.25) is 0 Å². The molecule has 0 radical (unpaired) electrons. The first-order valence-electron chi connectivity index (χ1n) is 9.90. The van der Waals surface area contributed by atoms with Gasteiger partial charge in [-0.3, -0.25) is 9.59 Å². The highest BCUT2D eigenvalue weighted by Crippen LogP contribution is 2.40. The van der Waals surface area contributed by atoms with Crippen LogP contribution in [0.4, 0.5) is 0 Å². The lowest BCUT2D eigenvalue weighted by molar-refractivity contribution is -0.146. The molecule has 2 aromatic rings. The third-order valence-electron chi connectivity index (χ3n) is 6.63. The van der Waals surface area contributed by atoms with Crippen LogP contribution >= 0.6 is 0 Å². The summed E-state index contributed by atoms with van der Waals surface area (Å²) in [5, 5.41) is 11.7. The smallest absolute Gasteiger partial charge is 0.250 e. The van der Waals surface area contributed by atoms with E-state index >= 15 is 0 Å². The summed E-state index contributed by atoms with van der Waals surface area (Å²) in [5.41, 5.74) is 0.486. The lowest BCUT2D eigenvalue weighted by Crippen LogP contribution is -2.57. The van der Waals surface area contributed by atoms with Gasteiger partial charge in [0.15, 0.2) is 0 Å². The lowest BCUT2D eigenvalue weighted by atomic mass is 9.78. The van der Waals surface area contributed by atoms with E-state index in [0.29, 0.717) is 25.6 Å². The van der Waals surface area contributed by atoms with Crippen molar-refractivity contribution in [2.75, 3.05) is 13.1 Å². The van der Waals surface area contributed by atoms with Crippen LogP contribution < -0.4 is 5.56 Å². The molecular weight excluding hydrogens is 344 g/mol. The molecule has 2 atom stereocenters. The molecule has 142 valence electrons. The van der Waals surface area contributed by atoms with Gasteiger partial charge in [0.1, 0.15) is 11.9 Å². The summed E-state index contributed by atoms with van der Waals surface area (Å²) in [7, 11) is 0. The van der Waals surface area contributed by atoms with E-state index in [1.807, 2.05) is 21.6 Å². The number of tetrazole rings is 1. The van der Waals surface area contributed by atoms with E-state index in [4.69, 9.17) is 0 Å². The van der Waals surface area contributed by atoms with E-state index in [9.17, 15) is 9.59 Å². The molecule has 8 heteroatoms. The van der Waals surface area contributed by atoms with E-state index in [1.54, 1.807) is 17.1 Å². The number of carbonyl (C=O) groups excluding carboxylic acids is 1. The van der Waals surface area contributed by atoms with Crippen molar-refractivity contribution >= 4 is 5.91 Å². The Kier molecular flexibility index (Phi) is 3.87. The maximum Gasteiger partial charge on any atom is 0.250 e. The fourth-order valence-electron chi connectivity index (χ4n) is 5.39. The van der Waals surface area contributed by atoms with Gasteiger partial charge in [-0.2, -0.15) is 0 Å². The Labute approximate surface area is 157 Å². The highest BCUT2D eigenvalue weighted by atomic mass is 16.2. The van der Waals surface area contributed by atoms with Crippen LogP contribution in [0.3, 0.4) is 0 Å². The number of amides is 1. The van der Waals surface area contributed by atoms with Crippen molar-refractivity contribution in [1.29, 1.82) is 0 Å². The Morgan fingerprint density at radius 3 is 2.74 bits per heavy atom. The molecule has 2 fully saturated rings. The number of hydrogen-bond donors (Lipinski definition) is 0. The monoisotopic (exact) mass is 368 g/mol. The zero-order valence-electron chi connectivity index (χ0n) is 15.3. The highest BCUT2D eigenvalue weighted by Gasteiger charge is 2.47. The van der Waals surface area contributed by atoms with E-state index in [-0.39, 0.29) is 17.4 Å². The van der Waals surface area contributed by atoms with Crippen LogP contribution in [0.25, 0.3) is 0 Å². The van der Waals surface area contributed by atoms with Gasteiger partial charge >= 0.3 is 0 Å². The number of nitrogens with zero attached hydrogens (tertiary/aromatic N) is 6. The summed E-state index contributed by atoms with van der Waals surface area (Å²) < 4.78 is 3.59. The molecule has 1 amide bonds. The predicted octanol–water partition coefficient (Wildman–Crippen LogP) is 1.14. The minimum absolute atomic E-state index is 0.0689. The first-order chi connectivity index (χ1) is 13.2. The first kappa shape index (κ1) is 16.6. The van der Waals surface area contributed by atoms with Gasteiger partial charge in [0.05, 0.1) is 0 Å². The predicted molar refractivity (Wildman–Crippen MR) is 97.0 cm³/mol. The average Bonchev–Trinajstić information content (AvgIpc) is 3.24. The Balaban J connectivity index is 1.47. The van der Waals surface area contributed by atoms with Crippen LogP contribution in [-0.2, 0) is 16.9 Å². The number of piperidine rings is 1. The van der Waals surface area contributed by atoms with Crippen molar-refractivity contribution in [3.63, 3.8) is 0 Å². The van der Waals surface area contributed by atoms with E-state index in [1.165, 1.54) is 0 Å². The second kappa shape index (κ2) is 6.28. The van der Waals surface area contributed by atoms with E-state index in [2.05, 4.69) is 15.5 Å². The van der Waals surface area contributed by atoms with Crippen LogP contribution in [0.15, 0.2) is 29.3 Å². The van der Waals surface area contributed by atoms with Gasteiger partial charge in [-0.15, -0.1) is 5.10 Å². The van der Waals surface area contributed by atoms with Crippen molar-refractivity contribution in [3.05, 3.63) is 40.6 Å². The average molecular weight is 368 g/mol. The minimum Gasteiger partial charge on any atom is -0.340 e. The van der Waals surface area contributed by atoms with Crippen LogP contribution in [0.1, 0.15) is 50.1 Å². The molecule has 2 aliphatic heterocycles. The molecule has 2 bridgehead atoms. The zero-order chi connectivity index (χ0) is 18.4. The summed E-state index contributed by atoms with van der Waals surface area (Å²) in [6, 6.07) is 5.50. The van der Waals surface area contributed by atoms with Gasteiger partial charge in [0.2, 0.25) is 0 Å². The molecule has 5 rings (SSSR count). The second-order valence-corrected chi connectivity index (χ2v) is 8.25. The normalized spacial score (nSPS) is 26.4. The minimum atomic E-state index is -0.649. The number of rotatable bonds is 2. The fraction of sp³-hybridized carbons (Fsp3) is 0.632. The Morgan fingerprint density at radius 1 is 1.11 bits per heavy atom. The fourth-order valence-corrected chi connectivity index (χ4v) is 5.39. The van der Waals surface area contributed by atoms with Gasteiger partial charge in [0.25, 0.3) is 11.5 Å². The van der Waals surface area contributed by atoms with Gasteiger partial charge in [-0.1, -0.05) is 25.3 Å². The molecule has 1 aliphatic carbocycles. The summed E-state index contributed by atoms with van der Waals surface area (Å²) in [6.07, 6.45) is 7.40. The van der Waals surface area contributed by atoms with Gasteiger partial charge in [-0.25, -0.2) is 4.68 Å². The molecule has 2 aromatic heterocycles. The number of hydrogen-bond acceptors (Lipinski definition) is 5. The number of likely N-dealkylation sites (tertiary alicyclic amines) is 1. The van der Waals surface area contributed by atoms with Crippen molar-refractivity contribution in [1.82, 2.24) is 29.7 Å². The van der Waals surface area contributed by atoms with Crippen LogP contribution in [-0.4, -0.2) is 48.7 Å². The number of pyridine rings is 1. The molecule has 0 aromatic carbocycles. The quantitative estimate of drug-likeness (QED) is 0.793. The summed E-state index contributed by atoms with van der Waals surface area (Å²) in [5.74, 6) is 0.704. The molecule has 3 aliphatic rings. The first-order valence-corrected chi connectivity index (χ1v) is 9.90. The Bertz CT molecular complexity index is 899. The third kappa shape index (κ3) is 2.61. The summed E-state index contributed by atoms with van der Waals surface area (Å²) >= 11 is 0. The number of carbonyl (C=O) groups is 1. The van der Waals surface area contributed by atoms with Gasteiger partial charge < -0.3 is 9.47 Å². The molecule has 4 heterocycles. The van der Waals surface area contributed by atoms with Crippen molar-refractivity contribution < 1.29 is 4.79 Å². The van der Waals surface area contributed by atoms with Crippen molar-refractivity contribution in [3.8, 4) is 0 Å². The highest BCUT2D eigenvalue weighted by molar-refractivity contribution is 5.84. The Morgan fingerprint density at radius 2 is 1.96 bits per heavy atom. The van der Waals surface area contributed by atoms with Gasteiger partial charge in [-0.05, 0) is 41.7 Å². The SMILES string of the molecule is O=C(N1CC2CC(C1)c1cccc(=O)n1C2)C1(n2cnnn2)CCCCC1. The van der Waals surface area contributed by atoms with Crippen LogP contribution in [0, 0.1) is 5.92 Å². The molecular formula is C19H24N6O2. The van der Waals surface area contributed by atoms with Crippen molar-refractivity contribution in [2.24, 2.45) is 5.92 Å². The number of fused-ring (bicyclic) bond motifs is 4. The molecule has 27 heavy (non-hydrogen) atoms. The molecule has 2 unspecified atom stereocenters. The maximum absolute atomic E-state index is 13.7. The molecule has 8 nitrogen and oxygen atoms in total. The topological polar surface area (TPSA) is 85.9 Å². The molecule has 0 spiro atoms. The van der Waals surface area contributed by atoms with E-state index < -0.39 is 5.54 Å². The largest absolute Gasteiger partial charge is 0.340 e. The van der Waals surface area contributed by atoms with Gasteiger partial charge in [0, 0.05) is 37.3 Å². The van der Waals surface area contributed by atoms with E-state index in [0.717, 1.165) is 44.2 Å². The third-order valence-corrected chi connectivity index (χ3v) is 6.63. The summed E-state index contributed by atoms with van der Waals surface area (Å²) in [4.78, 5) is 28.0. The molecule has 1 saturated carbocycles. The molecule has 1 saturated heterocycles. The van der Waals surface area contributed by atoms with Crippen molar-refractivity contribution in [2.45, 2.75) is 56.5 Å². The maximum atomic E-state index is 13.7. The molecule has 0 N–H and O–H groups in total. The standard InChI is InChI=1S/C19H24N6O2/c26-17-6-4-5-16-15-9-14(11-24(16)17)10-23(12-15)18(27)19(7-2-1-3-8-19)25-13-20-21-22-25/h4-6,13-15H,1-3,7-12H2. The van der Waals surface area contributed by atoms with Crippen LogP contribution in [0.5, 0.6) is 0 Å². The second-order valence-electron chi connectivity index (χ2n) is 8.25. The lowest BCUT2D eigenvalue weighted by Gasteiger charge is -2.46. The zero-order valence-corrected chi connectivity index (χ0v) is 15.3.